The van der Waals surface area contributed by atoms with Crippen molar-refractivity contribution < 1.29 is 0 Å². The minimum Gasteiger partial charge on any atom is -0.292 e. The molecule has 3 heterocycles. The highest BCUT2D eigenvalue weighted by molar-refractivity contribution is 6.14. The normalized spacial score (nSPS) is 11.8. The molecule has 0 unspecified atom stereocenters. The molecule has 0 bridgehead atoms. The highest BCUT2D eigenvalue weighted by Gasteiger charge is 2.14. The number of pyridine rings is 2. The maximum atomic E-state index is 5.00. The first-order chi connectivity index (χ1) is 20.7. The summed E-state index contributed by atoms with van der Waals surface area (Å²) < 4.78 is 2.30. The molecule has 0 amide bonds. The van der Waals surface area contributed by atoms with Gasteiger partial charge in [0.25, 0.3) is 0 Å². The smallest absolute Gasteiger partial charge is 0.146 e. The Kier molecular flexibility index (Phi) is 5.68. The van der Waals surface area contributed by atoms with Gasteiger partial charge in [-0.2, -0.15) is 0 Å². The summed E-state index contributed by atoms with van der Waals surface area (Å²) in [5, 5.41) is 3.60. The molecule has 0 atom stereocenters. The van der Waals surface area contributed by atoms with Gasteiger partial charge in [0.2, 0.25) is 0 Å². The summed E-state index contributed by atoms with van der Waals surface area (Å²) in [6.07, 6.45) is 4.26. The molecule has 0 spiro atoms. The Morgan fingerprint density at radius 1 is 0.524 bits per heavy atom. The molecule has 3 aromatic heterocycles. The Balaban J connectivity index is 1.17. The van der Waals surface area contributed by atoms with E-state index in [1.54, 1.807) is 0 Å². The second-order valence-electron chi connectivity index (χ2n) is 10.7. The molecule has 42 heavy (non-hydrogen) atoms. The number of fused-ring (bicyclic) bond motifs is 8. The number of nitrogens with zero attached hydrogens (tertiary/aromatic N) is 3. The van der Waals surface area contributed by atoms with Gasteiger partial charge >= 0.3 is 0 Å². The van der Waals surface area contributed by atoms with Crippen LogP contribution in [0, 0.1) is 6.92 Å². The Morgan fingerprint density at radius 3 is 2.07 bits per heavy atom. The van der Waals surface area contributed by atoms with Gasteiger partial charge in [-0.15, -0.1) is 0 Å². The van der Waals surface area contributed by atoms with Crippen LogP contribution in [0.5, 0.6) is 0 Å². The molecule has 8 aromatic rings. The molecule has 0 N–H and O–H groups in total. The number of benzene rings is 5. The summed E-state index contributed by atoms with van der Waals surface area (Å²) in [5.74, 6) is 0. The Morgan fingerprint density at radius 2 is 1.24 bits per heavy atom. The molecular weight excluding hydrogens is 510 g/mol. The predicted molar refractivity (Wildman–Crippen MR) is 176 cm³/mol. The third kappa shape index (κ3) is 4.06. The average Bonchev–Trinajstić information content (AvgIpc) is 3.45. The zero-order valence-electron chi connectivity index (χ0n) is 23.2. The van der Waals surface area contributed by atoms with Gasteiger partial charge in [-0.05, 0) is 64.9 Å². The van der Waals surface area contributed by atoms with Gasteiger partial charge < -0.3 is 0 Å². The fourth-order valence-electron chi connectivity index (χ4n) is 5.98. The van der Waals surface area contributed by atoms with Gasteiger partial charge in [0.1, 0.15) is 5.65 Å². The lowest BCUT2D eigenvalue weighted by atomic mass is 9.98. The van der Waals surface area contributed by atoms with Crippen molar-refractivity contribution in [2.45, 2.75) is 6.92 Å². The second-order valence-corrected chi connectivity index (χ2v) is 10.7. The fourth-order valence-corrected chi connectivity index (χ4v) is 5.98. The summed E-state index contributed by atoms with van der Waals surface area (Å²) in [4.78, 5) is 9.92. The standard InChI is InChI=1S/C39H27N3/c1-26-28(16-15-27-9-3-2-4-10-27)21-23-35(40-26)30-19-17-29(18-20-30)31-22-24-37-34(25-31)32-11-5-6-12-33(32)39-41-36-13-7-8-14-38(36)42(37)39/h2-25H,1H3/b16-15-. The molecule has 8 rings (SSSR count). The number of aromatic nitrogens is 3. The number of aryl methyl sites for hydroxylation is 1. The molecule has 0 saturated carbocycles. The Labute approximate surface area is 244 Å². The van der Waals surface area contributed by atoms with Crippen molar-refractivity contribution in [3.05, 3.63) is 150 Å². The average molecular weight is 538 g/mol. The lowest BCUT2D eigenvalue weighted by Gasteiger charge is -2.11. The maximum Gasteiger partial charge on any atom is 0.146 e. The lowest BCUT2D eigenvalue weighted by Crippen LogP contribution is -1.92. The molecular formula is C39H27N3. The Hall–Kier alpha value is -5.54. The molecule has 0 radical (unpaired) electrons. The van der Waals surface area contributed by atoms with Crippen LogP contribution in [0.25, 0.3) is 72.9 Å². The summed E-state index contributed by atoms with van der Waals surface area (Å²) >= 11 is 0. The molecule has 0 fully saturated rings. The van der Waals surface area contributed by atoms with E-state index in [2.05, 4.69) is 151 Å². The first-order valence-electron chi connectivity index (χ1n) is 14.3. The highest BCUT2D eigenvalue weighted by Crippen LogP contribution is 2.35. The van der Waals surface area contributed by atoms with Crippen molar-refractivity contribution in [2.24, 2.45) is 0 Å². The summed E-state index contributed by atoms with van der Waals surface area (Å²) in [5.41, 5.74) is 12.1. The first kappa shape index (κ1) is 24.3. The molecule has 0 aliphatic heterocycles. The second kappa shape index (κ2) is 9.83. The van der Waals surface area contributed by atoms with Gasteiger partial charge in [0.15, 0.2) is 0 Å². The van der Waals surface area contributed by atoms with Gasteiger partial charge in [0.05, 0.1) is 22.2 Å². The van der Waals surface area contributed by atoms with Crippen LogP contribution in [0.15, 0.2) is 133 Å². The van der Waals surface area contributed by atoms with E-state index in [-0.39, 0.29) is 0 Å². The maximum absolute atomic E-state index is 5.00. The van der Waals surface area contributed by atoms with Gasteiger partial charge in [-0.25, -0.2) is 4.98 Å². The molecule has 0 saturated heterocycles. The van der Waals surface area contributed by atoms with Crippen molar-refractivity contribution in [1.82, 2.24) is 14.4 Å². The third-order valence-electron chi connectivity index (χ3n) is 8.15. The van der Waals surface area contributed by atoms with Crippen molar-refractivity contribution in [3.63, 3.8) is 0 Å². The number of para-hydroxylation sites is 2. The predicted octanol–water partition coefficient (Wildman–Crippen LogP) is 10.0. The van der Waals surface area contributed by atoms with Crippen LogP contribution >= 0.6 is 0 Å². The Bertz CT molecular complexity index is 2290. The molecule has 0 aliphatic rings. The minimum atomic E-state index is 0.981. The van der Waals surface area contributed by atoms with E-state index in [1.807, 2.05) is 6.07 Å². The van der Waals surface area contributed by atoms with E-state index in [1.165, 1.54) is 33.0 Å². The van der Waals surface area contributed by atoms with Crippen molar-refractivity contribution in [1.29, 1.82) is 0 Å². The topological polar surface area (TPSA) is 30.2 Å². The van der Waals surface area contributed by atoms with Crippen molar-refractivity contribution in [2.75, 3.05) is 0 Å². The van der Waals surface area contributed by atoms with Crippen LogP contribution in [-0.4, -0.2) is 14.4 Å². The summed E-state index contributed by atoms with van der Waals surface area (Å²) in [6.45, 7) is 2.07. The number of hydrogen-bond acceptors (Lipinski definition) is 2. The van der Waals surface area contributed by atoms with Crippen LogP contribution in [0.4, 0.5) is 0 Å². The monoisotopic (exact) mass is 537 g/mol. The fraction of sp³-hybridized carbons (Fsp3) is 0.0256. The largest absolute Gasteiger partial charge is 0.292 e. The van der Waals surface area contributed by atoms with E-state index in [9.17, 15) is 0 Å². The lowest BCUT2D eigenvalue weighted by molar-refractivity contribution is 1.19. The zero-order valence-corrected chi connectivity index (χ0v) is 23.2. The number of rotatable bonds is 4. The van der Waals surface area contributed by atoms with E-state index in [4.69, 9.17) is 9.97 Å². The van der Waals surface area contributed by atoms with Crippen LogP contribution in [-0.2, 0) is 0 Å². The molecule has 0 aliphatic carbocycles. The third-order valence-corrected chi connectivity index (χ3v) is 8.15. The first-order valence-corrected chi connectivity index (χ1v) is 14.3. The van der Waals surface area contributed by atoms with Crippen LogP contribution in [0.3, 0.4) is 0 Å². The van der Waals surface area contributed by atoms with E-state index in [0.29, 0.717) is 0 Å². The van der Waals surface area contributed by atoms with Gasteiger partial charge in [-0.1, -0.05) is 115 Å². The van der Waals surface area contributed by atoms with Crippen molar-refractivity contribution >= 4 is 50.5 Å². The number of hydrogen-bond donors (Lipinski definition) is 0. The van der Waals surface area contributed by atoms with Gasteiger partial charge in [0, 0.05) is 22.0 Å². The summed E-state index contributed by atoms with van der Waals surface area (Å²) in [7, 11) is 0. The zero-order chi connectivity index (χ0) is 28.0. The van der Waals surface area contributed by atoms with E-state index < -0.39 is 0 Å². The molecule has 3 heteroatoms. The minimum absolute atomic E-state index is 0.981. The van der Waals surface area contributed by atoms with Crippen molar-refractivity contribution in [3.8, 4) is 22.4 Å². The quantitative estimate of drug-likeness (QED) is 0.209. The van der Waals surface area contributed by atoms with Crippen LogP contribution < -0.4 is 0 Å². The van der Waals surface area contributed by atoms with Crippen LogP contribution in [0.1, 0.15) is 16.8 Å². The molecule has 5 aromatic carbocycles. The number of imidazole rings is 1. The molecule has 3 nitrogen and oxygen atoms in total. The van der Waals surface area contributed by atoms with E-state index >= 15 is 0 Å². The van der Waals surface area contributed by atoms with E-state index in [0.717, 1.165) is 44.6 Å². The SMILES string of the molecule is Cc1nc(-c2ccc(-c3ccc4c(c3)c3ccccc3c3nc5ccccc5n43)cc2)ccc1/C=C\c1ccccc1. The van der Waals surface area contributed by atoms with Crippen LogP contribution in [0.2, 0.25) is 0 Å². The van der Waals surface area contributed by atoms with Gasteiger partial charge in [-0.3, -0.25) is 9.38 Å². The highest BCUT2D eigenvalue weighted by atomic mass is 15.0. The molecule has 198 valence electrons. The summed E-state index contributed by atoms with van der Waals surface area (Å²) in [6, 6.07) is 47.1.